The van der Waals surface area contributed by atoms with Crippen molar-refractivity contribution in [3.8, 4) is 0 Å². The minimum Gasteiger partial charge on any atom is -0.381 e. The lowest BCUT2D eigenvalue weighted by molar-refractivity contribution is -0.124. The van der Waals surface area contributed by atoms with E-state index in [1.54, 1.807) is 6.07 Å². The van der Waals surface area contributed by atoms with Gasteiger partial charge in [-0.1, -0.05) is 0 Å². The Morgan fingerprint density at radius 1 is 1.29 bits per heavy atom. The SMILES string of the molecule is NC1(C(=O)Nc2ccc3c(c2)CCC(=O)N3)CCOCC1. The average Bonchev–Trinajstić information content (AvgIpc) is 2.48. The van der Waals surface area contributed by atoms with Crippen molar-refractivity contribution in [3.63, 3.8) is 0 Å². The second kappa shape index (κ2) is 5.46. The third kappa shape index (κ3) is 2.91. The molecule has 0 bridgehead atoms. The molecular formula is C15H19N3O3. The van der Waals surface area contributed by atoms with Crippen molar-refractivity contribution < 1.29 is 14.3 Å². The van der Waals surface area contributed by atoms with Gasteiger partial charge >= 0.3 is 0 Å². The fourth-order valence-electron chi connectivity index (χ4n) is 2.68. The van der Waals surface area contributed by atoms with Crippen molar-refractivity contribution >= 4 is 23.2 Å². The number of amides is 2. The minimum absolute atomic E-state index is 0.0300. The summed E-state index contributed by atoms with van der Waals surface area (Å²) in [7, 11) is 0. The van der Waals surface area contributed by atoms with Crippen molar-refractivity contribution in [2.24, 2.45) is 5.73 Å². The Labute approximate surface area is 123 Å². The standard InChI is InChI=1S/C15H19N3O3/c16-15(5-7-21-8-6-15)14(20)17-11-2-3-12-10(9-11)1-4-13(19)18-12/h2-3,9H,1,4-8,16H2,(H,17,20)(H,18,19). The zero-order valence-electron chi connectivity index (χ0n) is 11.8. The Balaban J connectivity index is 1.73. The zero-order valence-corrected chi connectivity index (χ0v) is 11.8. The van der Waals surface area contributed by atoms with Crippen LogP contribution in [0.5, 0.6) is 0 Å². The Morgan fingerprint density at radius 3 is 2.81 bits per heavy atom. The molecule has 1 aromatic rings. The molecule has 21 heavy (non-hydrogen) atoms. The average molecular weight is 289 g/mol. The second-order valence-electron chi connectivity index (χ2n) is 5.64. The van der Waals surface area contributed by atoms with E-state index in [4.69, 9.17) is 10.5 Å². The molecule has 0 atom stereocenters. The molecule has 6 nitrogen and oxygen atoms in total. The van der Waals surface area contributed by atoms with Crippen LogP contribution in [0.25, 0.3) is 0 Å². The highest BCUT2D eigenvalue weighted by atomic mass is 16.5. The summed E-state index contributed by atoms with van der Waals surface area (Å²) in [4.78, 5) is 23.7. The van der Waals surface area contributed by atoms with E-state index in [-0.39, 0.29) is 11.8 Å². The first-order valence-corrected chi connectivity index (χ1v) is 7.18. The number of nitrogens with two attached hydrogens (primary N) is 1. The topological polar surface area (TPSA) is 93.5 Å². The number of nitrogens with one attached hydrogen (secondary N) is 2. The summed E-state index contributed by atoms with van der Waals surface area (Å²) in [5.74, 6) is -0.145. The van der Waals surface area contributed by atoms with E-state index in [2.05, 4.69) is 10.6 Å². The summed E-state index contributed by atoms with van der Waals surface area (Å²) < 4.78 is 5.25. The lowest BCUT2D eigenvalue weighted by Gasteiger charge is -2.31. The van der Waals surface area contributed by atoms with Crippen LogP contribution in [0, 0.1) is 0 Å². The maximum absolute atomic E-state index is 12.3. The summed E-state index contributed by atoms with van der Waals surface area (Å²) in [5, 5.41) is 5.70. The lowest BCUT2D eigenvalue weighted by atomic mass is 9.90. The number of rotatable bonds is 2. The summed E-state index contributed by atoms with van der Waals surface area (Å²) in [5.41, 5.74) is 7.86. The van der Waals surface area contributed by atoms with Gasteiger partial charge < -0.3 is 21.1 Å². The summed E-state index contributed by atoms with van der Waals surface area (Å²) >= 11 is 0. The molecule has 1 aromatic carbocycles. The highest BCUT2D eigenvalue weighted by molar-refractivity contribution is 5.99. The van der Waals surface area contributed by atoms with Gasteiger partial charge in [0.2, 0.25) is 11.8 Å². The maximum atomic E-state index is 12.3. The first kappa shape index (κ1) is 14.0. The van der Waals surface area contributed by atoms with Gasteiger partial charge in [-0.2, -0.15) is 0 Å². The first-order valence-electron chi connectivity index (χ1n) is 7.18. The van der Waals surface area contributed by atoms with Crippen LogP contribution in [-0.2, 0) is 20.7 Å². The molecule has 6 heteroatoms. The van der Waals surface area contributed by atoms with Gasteiger partial charge in [0.25, 0.3) is 0 Å². The predicted octanol–water partition coefficient (Wildman–Crippen LogP) is 1.02. The van der Waals surface area contributed by atoms with E-state index in [1.807, 2.05) is 12.1 Å². The quantitative estimate of drug-likeness (QED) is 0.757. The second-order valence-corrected chi connectivity index (χ2v) is 5.64. The normalized spacial score (nSPS) is 20.3. The molecule has 0 aliphatic carbocycles. The van der Waals surface area contributed by atoms with Gasteiger partial charge in [0.1, 0.15) is 5.54 Å². The number of aryl methyl sites for hydroxylation is 1. The van der Waals surface area contributed by atoms with Gasteiger partial charge in [0.15, 0.2) is 0 Å². The van der Waals surface area contributed by atoms with E-state index >= 15 is 0 Å². The molecule has 1 saturated heterocycles. The number of anilines is 2. The largest absolute Gasteiger partial charge is 0.381 e. The molecular weight excluding hydrogens is 270 g/mol. The lowest BCUT2D eigenvalue weighted by Crippen LogP contribution is -2.54. The number of carbonyl (C=O) groups excluding carboxylic acids is 2. The van der Waals surface area contributed by atoms with Crippen LogP contribution in [0.3, 0.4) is 0 Å². The molecule has 3 rings (SSSR count). The van der Waals surface area contributed by atoms with E-state index in [0.717, 1.165) is 11.3 Å². The minimum atomic E-state index is -0.859. The molecule has 0 spiro atoms. The Kier molecular flexibility index (Phi) is 3.65. The summed E-state index contributed by atoms with van der Waals surface area (Å²) in [6.45, 7) is 1.03. The van der Waals surface area contributed by atoms with Gasteiger partial charge in [-0.25, -0.2) is 0 Å². The van der Waals surface area contributed by atoms with Crippen LogP contribution in [0.15, 0.2) is 18.2 Å². The molecule has 0 aromatic heterocycles. The molecule has 0 radical (unpaired) electrons. The highest BCUT2D eigenvalue weighted by Gasteiger charge is 2.36. The number of carbonyl (C=O) groups is 2. The van der Waals surface area contributed by atoms with E-state index < -0.39 is 5.54 Å². The zero-order chi connectivity index (χ0) is 14.9. The van der Waals surface area contributed by atoms with E-state index in [0.29, 0.717) is 44.6 Å². The van der Waals surface area contributed by atoms with E-state index in [1.165, 1.54) is 0 Å². The number of benzene rings is 1. The van der Waals surface area contributed by atoms with Crippen molar-refractivity contribution in [1.29, 1.82) is 0 Å². The number of fused-ring (bicyclic) bond motifs is 1. The van der Waals surface area contributed by atoms with Crippen molar-refractivity contribution in [1.82, 2.24) is 0 Å². The number of hydrogen-bond donors (Lipinski definition) is 3. The smallest absolute Gasteiger partial charge is 0.244 e. The Bertz CT molecular complexity index is 580. The van der Waals surface area contributed by atoms with Gasteiger partial charge in [-0.05, 0) is 43.0 Å². The van der Waals surface area contributed by atoms with Gasteiger partial charge in [0, 0.05) is 31.0 Å². The van der Waals surface area contributed by atoms with Crippen LogP contribution in [0.4, 0.5) is 11.4 Å². The molecule has 2 aliphatic rings. The predicted molar refractivity (Wildman–Crippen MR) is 79.0 cm³/mol. The monoisotopic (exact) mass is 289 g/mol. The fraction of sp³-hybridized carbons (Fsp3) is 0.467. The number of hydrogen-bond acceptors (Lipinski definition) is 4. The fourth-order valence-corrected chi connectivity index (χ4v) is 2.68. The van der Waals surface area contributed by atoms with E-state index in [9.17, 15) is 9.59 Å². The molecule has 0 unspecified atom stereocenters. The molecule has 112 valence electrons. The van der Waals surface area contributed by atoms with Crippen LogP contribution in [0.1, 0.15) is 24.8 Å². The summed E-state index contributed by atoms with van der Waals surface area (Å²) in [6, 6.07) is 5.50. The van der Waals surface area contributed by atoms with Gasteiger partial charge in [-0.3, -0.25) is 9.59 Å². The summed E-state index contributed by atoms with van der Waals surface area (Å²) in [6.07, 6.45) is 2.22. The highest BCUT2D eigenvalue weighted by Crippen LogP contribution is 2.27. The van der Waals surface area contributed by atoms with Crippen LogP contribution >= 0.6 is 0 Å². The van der Waals surface area contributed by atoms with Crippen molar-refractivity contribution in [3.05, 3.63) is 23.8 Å². The first-order chi connectivity index (χ1) is 10.1. The third-order valence-corrected chi connectivity index (χ3v) is 4.10. The molecule has 2 aliphatic heterocycles. The van der Waals surface area contributed by atoms with Crippen LogP contribution in [-0.4, -0.2) is 30.6 Å². The Morgan fingerprint density at radius 2 is 2.05 bits per heavy atom. The molecule has 2 amide bonds. The molecule has 0 saturated carbocycles. The maximum Gasteiger partial charge on any atom is 0.244 e. The van der Waals surface area contributed by atoms with Crippen molar-refractivity contribution in [2.75, 3.05) is 23.8 Å². The third-order valence-electron chi connectivity index (χ3n) is 4.10. The van der Waals surface area contributed by atoms with Crippen LogP contribution < -0.4 is 16.4 Å². The van der Waals surface area contributed by atoms with Crippen molar-refractivity contribution in [2.45, 2.75) is 31.2 Å². The number of ether oxygens (including phenoxy) is 1. The molecule has 4 N–H and O–H groups in total. The van der Waals surface area contributed by atoms with Gasteiger partial charge in [-0.15, -0.1) is 0 Å². The molecule has 2 heterocycles. The Hall–Kier alpha value is -1.92. The van der Waals surface area contributed by atoms with Crippen LogP contribution in [0.2, 0.25) is 0 Å². The van der Waals surface area contributed by atoms with Gasteiger partial charge in [0.05, 0.1) is 0 Å². The molecule has 1 fully saturated rings.